The summed E-state index contributed by atoms with van der Waals surface area (Å²) in [5.74, 6) is 1.42. The molecule has 0 atom stereocenters. The number of benzene rings is 2. The number of Topliss-reactive ketones (excluding diaryl/α,β-unsaturated/α-hetero) is 1. The number of hydrogen-bond acceptors (Lipinski definition) is 6. The number of aryl methyl sites for hydroxylation is 3. The van der Waals surface area contributed by atoms with E-state index in [1.54, 1.807) is 14.5 Å². The van der Waals surface area contributed by atoms with Crippen molar-refractivity contribution in [3.63, 3.8) is 0 Å². The van der Waals surface area contributed by atoms with E-state index in [1.807, 2.05) is 74.5 Å². The van der Waals surface area contributed by atoms with E-state index in [1.165, 1.54) is 11.3 Å². The van der Waals surface area contributed by atoms with Gasteiger partial charge < -0.3 is 4.90 Å². The molecule has 0 saturated carbocycles. The van der Waals surface area contributed by atoms with Crippen molar-refractivity contribution in [1.82, 2.24) is 24.6 Å². The molecule has 2 aromatic heterocycles. The summed E-state index contributed by atoms with van der Waals surface area (Å²) in [6.07, 6.45) is 1.10. The van der Waals surface area contributed by atoms with Gasteiger partial charge in [-0.1, -0.05) is 59.9 Å². The molecule has 2 amide bonds. The number of ketones is 1. The van der Waals surface area contributed by atoms with Crippen molar-refractivity contribution in [2.75, 3.05) is 18.0 Å². The van der Waals surface area contributed by atoms with E-state index in [2.05, 4.69) is 15.1 Å². The van der Waals surface area contributed by atoms with Gasteiger partial charge in [-0.25, -0.2) is 19.4 Å². The fourth-order valence-electron chi connectivity index (χ4n) is 4.18. The first kappa shape index (κ1) is 22.9. The molecule has 4 aromatic rings. The van der Waals surface area contributed by atoms with Gasteiger partial charge in [0.05, 0.1) is 22.8 Å². The van der Waals surface area contributed by atoms with E-state index in [-0.39, 0.29) is 11.8 Å². The standard InChI is InChI=1S/C26H26N6O2S/c1-18-24(22(33)14-13-20-9-5-3-6-10-20)35-25(27-18)31-16-15-30(26(31)34)17-23-28-19(2)32(29-23)21-11-7-4-8-12-21/h3-12H,13-17H2,1-2H3. The highest BCUT2D eigenvalue weighted by molar-refractivity contribution is 7.17. The Morgan fingerprint density at radius 2 is 1.69 bits per heavy atom. The molecule has 1 aliphatic rings. The third kappa shape index (κ3) is 4.85. The van der Waals surface area contributed by atoms with E-state index in [9.17, 15) is 9.59 Å². The van der Waals surface area contributed by atoms with Crippen LogP contribution in [0.4, 0.5) is 9.93 Å². The number of amides is 2. The van der Waals surface area contributed by atoms with Crippen LogP contribution in [0.25, 0.3) is 5.69 Å². The van der Waals surface area contributed by atoms with Gasteiger partial charge in [-0.05, 0) is 38.0 Å². The number of carbonyl (C=O) groups is 2. The third-order valence-electron chi connectivity index (χ3n) is 5.99. The maximum atomic E-state index is 13.1. The van der Waals surface area contributed by atoms with E-state index in [0.717, 1.165) is 17.1 Å². The van der Waals surface area contributed by atoms with Gasteiger partial charge in [0.2, 0.25) is 0 Å². The Labute approximate surface area is 207 Å². The molecular formula is C26H26N6O2S. The molecular weight excluding hydrogens is 460 g/mol. The largest absolute Gasteiger partial charge is 0.326 e. The number of carbonyl (C=O) groups excluding carboxylic acids is 2. The van der Waals surface area contributed by atoms with Crippen LogP contribution in [0.1, 0.15) is 39.0 Å². The number of anilines is 1. The van der Waals surface area contributed by atoms with Crippen molar-refractivity contribution < 1.29 is 9.59 Å². The molecule has 1 fully saturated rings. The fraction of sp³-hybridized carbons (Fsp3) is 0.269. The predicted molar refractivity (Wildman–Crippen MR) is 135 cm³/mol. The molecule has 2 aromatic carbocycles. The zero-order valence-corrected chi connectivity index (χ0v) is 20.5. The number of rotatable bonds is 8. The summed E-state index contributed by atoms with van der Waals surface area (Å²) >= 11 is 1.30. The average molecular weight is 487 g/mol. The molecule has 0 spiro atoms. The van der Waals surface area contributed by atoms with Gasteiger partial charge in [0.25, 0.3) is 0 Å². The van der Waals surface area contributed by atoms with Crippen LogP contribution >= 0.6 is 11.3 Å². The van der Waals surface area contributed by atoms with Crippen LogP contribution in [0.5, 0.6) is 0 Å². The first-order valence-electron chi connectivity index (χ1n) is 11.6. The Hall–Kier alpha value is -3.85. The van der Waals surface area contributed by atoms with Gasteiger partial charge in [0, 0.05) is 19.5 Å². The molecule has 0 radical (unpaired) electrons. The van der Waals surface area contributed by atoms with E-state index >= 15 is 0 Å². The summed E-state index contributed by atoms with van der Waals surface area (Å²) in [6, 6.07) is 19.6. The summed E-state index contributed by atoms with van der Waals surface area (Å²) in [5.41, 5.74) is 2.74. The Kier molecular flexibility index (Phi) is 6.41. The molecule has 8 nitrogen and oxygen atoms in total. The second-order valence-electron chi connectivity index (χ2n) is 8.50. The van der Waals surface area contributed by atoms with E-state index in [0.29, 0.717) is 54.0 Å². The summed E-state index contributed by atoms with van der Waals surface area (Å²) < 4.78 is 1.78. The van der Waals surface area contributed by atoms with Gasteiger partial charge in [-0.3, -0.25) is 9.69 Å². The van der Waals surface area contributed by atoms with Crippen molar-refractivity contribution in [3.05, 3.63) is 88.4 Å². The Morgan fingerprint density at radius 3 is 2.43 bits per heavy atom. The smallest absolute Gasteiger partial charge is 0.315 e. The molecule has 0 bridgehead atoms. The molecule has 0 unspecified atom stereocenters. The van der Waals surface area contributed by atoms with Crippen molar-refractivity contribution in [3.8, 4) is 5.69 Å². The number of urea groups is 1. The van der Waals surface area contributed by atoms with Gasteiger partial charge >= 0.3 is 6.03 Å². The lowest BCUT2D eigenvalue weighted by atomic mass is 10.1. The summed E-state index contributed by atoms with van der Waals surface area (Å²) in [4.78, 5) is 39.1. The van der Waals surface area contributed by atoms with Crippen molar-refractivity contribution in [2.45, 2.75) is 33.2 Å². The summed E-state index contributed by atoms with van der Waals surface area (Å²) in [5, 5.41) is 5.16. The minimum absolute atomic E-state index is 0.0599. The molecule has 5 rings (SSSR count). The van der Waals surface area contributed by atoms with Crippen LogP contribution in [-0.4, -0.2) is 49.6 Å². The van der Waals surface area contributed by atoms with E-state index in [4.69, 9.17) is 0 Å². The third-order valence-corrected chi connectivity index (χ3v) is 7.22. The highest BCUT2D eigenvalue weighted by Crippen LogP contribution is 2.30. The predicted octanol–water partition coefficient (Wildman–Crippen LogP) is 4.60. The number of aromatic nitrogens is 4. The minimum Gasteiger partial charge on any atom is -0.315 e. The lowest BCUT2D eigenvalue weighted by Crippen LogP contribution is -2.31. The minimum atomic E-state index is -0.143. The molecule has 0 N–H and O–H groups in total. The van der Waals surface area contributed by atoms with Crippen molar-refractivity contribution in [2.24, 2.45) is 0 Å². The average Bonchev–Trinajstić information content (AvgIpc) is 3.55. The zero-order valence-electron chi connectivity index (χ0n) is 19.7. The maximum absolute atomic E-state index is 13.1. The SMILES string of the molecule is Cc1nc(N2CCN(Cc3nc(C)n(-c4ccccc4)n3)C2=O)sc1C(=O)CCc1ccccc1. The summed E-state index contributed by atoms with van der Waals surface area (Å²) in [7, 11) is 0. The van der Waals surface area contributed by atoms with Gasteiger partial charge in [-0.2, -0.15) is 0 Å². The molecule has 178 valence electrons. The monoisotopic (exact) mass is 486 g/mol. The molecule has 35 heavy (non-hydrogen) atoms. The Bertz CT molecular complexity index is 1350. The number of thiazole rings is 1. The first-order chi connectivity index (χ1) is 17.0. The quantitative estimate of drug-likeness (QED) is 0.340. The van der Waals surface area contributed by atoms with Crippen LogP contribution in [0.3, 0.4) is 0 Å². The highest BCUT2D eigenvalue weighted by Gasteiger charge is 2.33. The van der Waals surface area contributed by atoms with Gasteiger partial charge in [-0.15, -0.1) is 5.10 Å². The van der Waals surface area contributed by atoms with Crippen LogP contribution in [-0.2, 0) is 13.0 Å². The molecule has 1 saturated heterocycles. The molecule has 3 heterocycles. The van der Waals surface area contributed by atoms with Crippen LogP contribution in [0.15, 0.2) is 60.7 Å². The van der Waals surface area contributed by atoms with E-state index < -0.39 is 0 Å². The normalized spacial score (nSPS) is 13.6. The summed E-state index contributed by atoms with van der Waals surface area (Å²) in [6.45, 7) is 5.12. The topological polar surface area (TPSA) is 84.2 Å². The number of para-hydroxylation sites is 1. The van der Waals surface area contributed by atoms with Gasteiger partial charge in [0.15, 0.2) is 16.7 Å². The second kappa shape index (κ2) is 9.79. The second-order valence-corrected chi connectivity index (χ2v) is 9.48. The lowest BCUT2D eigenvalue weighted by molar-refractivity contribution is 0.0986. The van der Waals surface area contributed by atoms with Crippen molar-refractivity contribution in [1.29, 1.82) is 0 Å². The first-order valence-corrected chi connectivity index (χ1v) is 12.4. The molecule has 9 heteroatoms. The maximum Gasteiger partial charge on any atom is 0.326 e. The highest BCUT2D eigenvalue weighted by atomic mass is 32.1. The van der Waals surface area contributed by atoms with Crippen LogP contribution in [0.2, 0.25) is 0 Å². The number of hydrogen-bond donors (Lipinski definition) is 0. The molecule has 0 aliphatic carbocycles. The number of nitrogens with zero attached hydrogens (tertiary/aromatic N) is 6. The Morgan fingerprint density at radius 1 is 0.971 bits per heavy atom. The lowest BCUT2D eigenvalue weighted by Gasteiger charge is -2.15. The van der Waals surface area contributed by atoms with Crippen LogP contribution < -0.4 is 4.90 Å². The van der Waals surface area contributed by atoms with Gasteiger partial charge in [0.1, 0.15) is 5.82 Å². The zero-order chi connectivity index (χ0) is 24.4. The molecule has 1 aliphatic heterocycles. The fourth-order valence-corrected chi connectivity index (χ4v) is 5.23. The van der Waals surface area contributed by atoms with Crippen molar-refractivity contribution >= 4 is 28.3 Å². The van der Waals surface area contributed by atoms with Crippen LogP contribution in [0, 0.1) is 13.8 Å². The Balaban J connectivity index is 1.25.